The third kappa shape index (κ3) is 3.72. The van der Waals surface area contributed by atoms with Crippen LogP contribution in [0.3, 0.4) is 0 Å². The summed E-state index contributed by atoms with van der Waals surface area (Å²) in [7, 11) is 0. The van der Waals surface area contributed by atoms with Crippen LogP contribution in [-0.4, -0.2) is 43.3 Å². The number of hydrogen-bond donors (Lipinski definition) is 2. The molecule has 166 valence electrons. The number of amidine groups is 1. The number of benzene rings is 2. The lowest BCUT2D eigenvalue weighted by molar-refractivity contribution is 0.315. The molecule has 2 heterocycles. The smallest absolute Gasteiger partial charge is 0.233 e. The zero-order valence-corrected chi connectivity index (χ0v) is 17.5. The van der Waals surface area contributed by atoms with Gasteiger partial charge in [0.1, 0.15) is 17.5 Å². The van der Waals surface area contributed by atoms with Gasteiger partial charge in [0.25, 0.3) is 0 Å². The maximum atomic E-state index is 13.1. The zero-order valence-electron chi connectivity index (χ0n) is 17.5. The molecule has 2 aromatic carbocycles. The van der Waals surface area contributed by atoms with E-state index in [2.05, 4.69) is 19.8 Å². The number of nitrogens with two attached hydrogens (primary N) is 1. The van der Waals surface area contributed by atoms with Gasteiger partial charge in [-0.3, -0.25) is 0 Å². The zero-order chi connectivity index (χ0) is 22.4. The summed E-state index contributed by atoms with van der Waals surface area (Å²) in [4.78, 5) is 7.91. The maximum Gasteiger partial charge on any atom is 0.233 e. The summed E-state index contributed by atoms with van der Waals surface area (Å²) in [5.41, 5.74) is 7.46. The molecule has 8 heteroatoms. The molecule has 0 aromatic heterocycles. The predicted octanol–water partition coefficient (Wildman–Crippen LogP) is 3.43. The quantitative estimate of drug-likeness (QED) is 0.254. The Bertz CT molecular complexity index is 1060. The van der Waals surface area contributed by atoms with Gasteiger partial charge in [-0.2, -0.15) is 0 Å². The van der Waals surface area contributed by atoms with E-state index in [4.69, 9.17) is 17.5 Å². The molecule has 2 saturated heterocycles. The van der Waals surface area contributed by atoms with Gasteiger partial charge < -0.3 is 25.6 Å². The fourth-order valence-corrected chi connectivity index (χ4v) is 5.49. The van der Waals surface area contributed by atoms with Gasteiger partial charge in [-0.05, 0) is 48.2 Å². The van der Waals surface area contributed by atoms with Crippen molar-refractivity contribution >= 4 is 17.2 Å². The van der Waals surface area contributed by atoms with Crippen molar-refractivity contribution in [3.63, 3.8) is 0 Å². The number of anilines is 2. The molecule has 3 N–H and O–H groups in total. The fraction of sp³-hybridized carbons (Fsp3) is 0.417. The predicted molar refractivity (Wildman–Crippen MR) is 118 cm³/mol. The van der Waals surface area contributed by atoms with Crippen LogP contribution in [0.4, 0.5) is 20.2 Å². The van der Waals surface area contributed by atoms with Crippen LogP contribution in [0.5, 0.6) is 0 Å². The Balaban J connectivity index is 0.000000136. The van der Waals surface area contributed by atoms with E-state index in [0.29, 0.717) is 29.5 Å². The number of halogens is 2. The van der Waals surface area contributed by atoms with Crippen LogP contribution in [0.1, 0.15) is 0 Å². The van der Waals surface area contributed by atoms with Crippen molar-refractivity contribution < 1.29 is 14.0 Å². The Hall–Kier alpha value is -3.34. The van der Waals surface area contributed by atoms with E-state index in [0.717, 1.165) is 37.6 Å². The van der Waals surface area contributed by atoms with Gasteiger partial charge in [-0.1, -0.05) is 17.3 Å². The average molecular weight is 437 g/mol. The summed E-state index contributed by atoms with van der Waals surface area (Å²) in [6.07, 6.45) is 0. The van der Waals surface area contributed by atoms with Crippen LogP contribution in [-0.2, 0) is 0 Å². The lowest BCUT2D eigenvalue weighted by Gasteiger charge is -2.21. The normalized spacial score (nSPS) is 31.8. The summed E-state index contributed by atoms with van der Waals surface area (Å²) in [5.74, 6) is 2.12. The van der Waals surface area contributed by atoms with E-state index in [-0.39, 0.29) is 23.6 Å². The van der Waals surface area contributed by atoms with E-state index < -0.39 is 0 Å². The second-order valence-corrected chi connectivity index (χ2v) is 9.10. The first-order valence-electron chi connectivity index (χ1n) is 10.8. The number of hydrogen-bond acceptors (Lipinski definition) is 4. The summed E-state index contributed by atoms with van der Waals surface area (Å²) in [6.45, 7) is 10.5. The molecule has 4 aliphatic rings. The molecule has 6 rings (SSSR count). The van der Waals surface area contributed by atoms with Crippen molar-refractivity contribution in [3.8, 4) is 0 Å². The van der Waals surface area contributed by atoms with Crippen molar-refractivity contribution in [3.05, 3.63) is 71.6 Å². The third-order valence-corrected chi connectivity index (χ3v) is 7.30. The Labute approximate surface area is 185 Å². The van der Waals surface area contributed by atoms with Crippen molar-refractivity contribution in [2.45, 2.75) is 6.04 Å². The minimum absolute atomic E-state index is 0.185. The lowest BCUT2D eigenvalue weighted by atomic mass is 10.2. The minimum Gasteiger partial charge on any atom is -0.409 e. The number of piperidine rings is 2. The SMILES string of the molecule is N/C(=N\O)C1[C@H]2CN(c3cccc(F)c3)C[C@@H]12.[C-]#[N+]C1[C@H]2CN(c3cccc(F)c3)C[C@@H]12. The van der Waals surface area contributed by atoms with E-state index >= 15 is 0 Å². The van der Waals surface area contributed by atoms with E-state index in [1.54, 1.807) is 24.3 Å². The molecular formula is C24H25F2N5O. The molecule has 2 saturated carbocycles. The number of fused-ring (bicyclic) bond motifs is 2. The van der Waals surface area contributed by atoms with Crippen LogP contribution < -0.4 is 15.5 Å². The number of oxime groups is 1. The van der Waals surface area contributed by atoms with Crippen LogP contribution in [0, 0.1) is 47.8 Å². The van der Waals surface area contributed by atoms with Gasteiger partial charge >= 0.3 is 0 Å². The molecule has 2 aromatic rings. The summed E-state index contributed by atoms with van der Waals surface area (Å²) in [6, 6.07) is 13.6. The highest BCUT2D eigenvalue weighted by atomic mass is 19.1. The summed E-state index contributed by atoms with van der Waals surface area (Å²) >= 11 is 0. The van der Waals surface area contributed by atoms with Crippen LogP contribution in [0.15, 0.2) is 53.7 Å². The third-order valence-electron chi connectivity index (χ3n) is 7.30. The molecule has 6 nitrogen and oxygen atoms in total. The first-order chi connectivity index (χ1) is 15.5. The summed E-state index contributed by atoms with van der Waals surface area (Å²) in [5, 5.41) is 11.7. The van der Waals surface area contributed by atoms with Gasteiger partial charge in [0.15, 0.2) is 0 Å². The average Bonchev–Trinajstić information content (AvgIpc) is 3.50. The molecule has 2 aliphatic carbocycles. The van der Waals surface area contributed by atoms with Gasteiger partial charge in [0.05, 0.1) is 11.8 Å². The Morgan fingerprint density at radius 3 is 1.78 bits per heavy atom. The van der Waals surface area contributed by atoms with E-state index in [1.165, 1.54) is 12.1 Å². The molecule has 2 aliphatic heterocycles. The first kappa shape index (κ1) is 20.6. The van der Waals surface area contributed by atoms with Crippen LogP contribution in [0.2, 0.25) is 0 Å². The largest absolute Gasteiger partial charge is 0.409 e. The number of rotatable bonds is 3. The molecule has 2 unspecified atom stereocenters. The van der Waals surface area contributed by atoms with Gasteiger partial charge in [0.2, 0.25) is 6.04 Å². The second kappa shape index (κ2) is 7.97. The molecular weight excluding hydrogens is 412 g/mol. The molecule has 32 heavy (non-hydrogen) atoms. The molecule has 0 radical (unpaired) electrons. The molecule has 0 bridgehead atoms. The Kier molecular flexibility index (Phi) is 5.12. The molecule has 6 atom stereocenters. The van der Waals surface area contributed by atoms with Crippen molar-refractivity contribution in [2.75, 3.05) is 36.0 Å². The molecule has 4 fully saturated rings. The summed E-state index contributed by atoms with van der Waals surface area (Å²) < 4.78 is 26.1. The van der Waals surface area contributed by atoms with Crippen molar-refractivity contribution in [1.29, 1.82) is 0 Å². The van der Waals surface area contributed by atoms with E-state index in [1.807, 2.05) is 12.1 Å². The van der Waals surface area contributed by atoms with Gasteiger partial charge in [-0.15, -0.1) is 0 Å². The van der Waals surface area contributed by atoms with Crippen LogP contribution in [0.25, 0.3) is 4.85 Å². The maximum absolute atomic E-state index is 13.1. The highest BCUT2D eigenvalue weighted by Crippen LogP contribution is 2.52. The Morgan fingerprint density at radius 2 is 1.38 bits per heavy atom. The molecule has 0 spiro atoms. The second-order valence-electron chi connectivity index (χ2n) is 9.10. The first-order valence-corrected chi connectivity index (χ1v) is 10.8. The van der Waals surface area contributed by atoms with Crippen molar-refractivity contribution in [1.82, 2.24) is 0 Å². The topological polar surface area (TPSA) is 69.5 Å². The van der Waals surface area contributed by atoms with Gasteiger partial charge in [0, 0.05) is 43.5 Å². The minimum atomic E-state index is -0.212. The molecule has 0 amide bonds. The standard InChI is InChI=1S/C12H14FN3O.C12H11FN2/c13-7-2-1-3-8(4-7)16-5-9-10(6-16)11(9)12(14)15-17;1-14-12-10-6-15(7-11(10)12)9-4-2-3-8(13)5-9/h1-4,9-11,17H,5-6H2,(H2,14,15);2-5,10-12H,6-7H2/t9-,10+,11?;10-,11+,12?. The lowest BCUT2D eigenvalue weighted by Crippen LogP contribution is -2.28. The fourth-order valence-electron chi connectivity index (χ4n) is 5.49. The number of nitrogens with zero attached hydrogens (tertiary/aromatic N) is 4. The Morgan fingerprint density at radius 1 is 0.906 bits per heavy atom. The highest BCUT2D eigenvalue weighted by molar-refractivity contribution is 5.86. The van der Waals surface area contributed by atoms with Gasteiger partial charge in [-0.25, -0.2) is 15.4 Å². The van der Waals surface area contributed by atoms with E-state index in [9.17, 15) is 8.78 Å². The monoisotopic (exact) mass is 437 g/mol. The highest BCUT2D eigenvalue weighted by Gasteiger charge is 2.62. The van der Waals surface area contributed by atoms with Crippen molar-refractivity contribution in [2.24, 2.45) is 40.5 Å². The van der Waals surface area contributed by atoms with Crippen LogP contribution >= 0.6 is 0 Å².